The van der Waals surface area contributed by atoms with Crippen LogP contribution in [-0.4, -0.2) is 22.0 Å². The highest BCUT2D eigenvalue weighted by molar-refractivity contribution is 5.93. The van der Waals surface area contributed by atoms with Crippen LogP contribution >= 0.6 is 0 Å². The first-order valence-corrected chi connectivity index (χ1v) is 8.69. The number of benzene rings is 3. The number of ether oxygens (including phenoxy) is 1. The maximum absolute atomic E-state index is 12.4. The average Bonchev–Trinajstić information content (AvgIpc) is 2.73. The second kappa shape index (κ2) is 8.74. The standard InChI is InChI=1S/C21H15N3O6/c1-14-5-2-3-8-20(14)22-13-15-6-4-7-19(9-15)30-21(25)16-10-17(23(26)27)12-18(11-16)24(28)29/h2-13H,1H3. The maximum atomic E-state index is 12.4. The zero-order valence-corrected chi connectivity index (χ0v) is 15.7. The molecule has 9 heteroatoms. The van der Waals surface area contributed by atoms with Gasteiger partial charge in [-0.2, -0.15) is 0 Å². The Bertz CT molecular complexity index is 1140. The predicted octanol–water partition coefficient (Wildman–Crippen LogP) is 4.78. The molecular formula is C21H15N3O6. The number of para-hydroxylation sites is 1. The Kier molecular flexibility index (Phi) is 5.92. The molecule has 150 valence electrons. The monoisotopic (exact) mass is 405 g/mol. The van der Waals surface area contributed by atoms with Crippen molar-refractivity contribution in [2.45, 2.75) is 6.92 Å². The van der Waals surface area contributed by atoms with Gasteiger partial charge in [-0.1, -0.05) is 30.3 Å². The van der Waals surface area contributed by atoms with Gasteiger partial charge in [0.25, 0.3) is 11.4 Å². The quantitative estimate of drug-likeness (QED) is 0.191. The minimum atomic E-state index is -0.949. The molecule has 0 atom stereocenters. The summed E-state index contributed by atoms with van der Waals surface area (Å²) in [6.07, 6.45) is 1.61. The van der Waals surface area contributed by atoms with Gasteiger partial charge in [-0.05, 0) is 36.2 Å². The third kappa shape index (κ3) is 4.90. The molecule has 0 radical (unpaired) electrons. The number of non-ortho nitro benzene ring substituents is 2. The zero-order valence-electron chi connectivity index (χ0n) is 15.7. The highest BCUT2D eigenvalue weighted by atomic mass is 16.6. The number of esters is 1. The minimum Gasteiger partial charge on any atom is -0.423 e. The van der Waals surface area contributed by atoms with Crippen molar-refractivity contribution >= 4 is 29.2 Å². The number of hydrogen-bond acceptors (Lipinski definition) is 7. The molecule has 0 aliphatic rings. The summed E-state index contributed by atoms with van der Waals surface area (Å²) in [4.78, 5) is 37.1. The maximum Gasteiger partial charge on any atom is 0.344 e. The molecule has 0 aromatic heterocycles. The molecule has 0 unspecified atom stereocenters. The zero-order chi connectivity index (χ0) is 21.7. The topological polar surface area (TPSA) is 125 Å². The van der Waals surface area contributed by atoms with Gasteiger partial charge in [-0.25, -0.2) is 4.79 Å². The van der Waals surface area contributed by atoms with E-state index in [2.05, 4.69) is 4.99 Å². The Morgan fingerprint density at radius 1 is 0.933 bits per heavy atom. The number of aryl methyl sites for hydroxylation is 1. The summed E-state index contributed by atoms with van der Waals surface area (Å²) < 4.78 is 5.24. The van der Waals surface area contributed by atoms with Crippen molar-refractivity contribution in [1.82, 2.24) is 0 Å². The highest BCUT2D eigenvalue weighted by Crippen LogP contribution is 2.24. The van der Waals surface area contributed by atoms with Crippen LogP contribution in [0.25, 0.3) is 0 Å². The van der Waals surface area contributed by atoms with E-state index in [0.717, 1.165) is 29.4 Å². The number of carbonyl (C=O) groups is 1. The van der Waals surface area contributed by atoms with E-state index < -0.39 is 27.2 Å². The van der Waals surface area contributed by atoms with Crippen molar-refractivity contribution in [3.63, 3.8) is 0 Å². The molecule has 0 fully saturated rings. The number of nitro benzene ring substituents is 2. The van der Waals surface area contributed by atoms with Gasteiger partial charge in [0.1, 0.15) is 5.75 Å². The Balaban J connectivity index is 1.83. The van der Waals surface area contributed by atoms with E-state index in [9.17, 15) is 25.0 Å². The number of carbonyl (C=O) groups excluding carboxylic acids is 1. The molecule has 9 nitrogen and oxygen atoms in total. The Morgan fingerprint density at radius 3 is 2.23 bits per heavy atom. The largest absolute Gasteiger partial charge is 0.423 e. The van der Waals surface area contributed by atoms with Gasteiger partial charge in [-0.3, -0.25) is 25.2 Å². The van der Waals surface area contributed by atoms with Crippen LogP contribution in [-0.2, 0) is 0 Å². The van der Waals surface area contributed by atoms with Crippen LogP contribution < -0.4 is 4.74 Å². The smallest absolute Gasteiger partial charge is 0.344 e. The van der Waals surface area contributed by atoms with E-state index in [1.165, 1.54) is 6.07 Å². The summed E-state index contributed by atoms with van der Waals surface area (Å²) in [7, 11) is 0. The van der Waals surface area contributed by atoms with Crippen LogP contribution in [0.15, 0.2) is 71.7 Å². The van der Waals surface area contributed by atoms with Crippen molar-refractivity contribution in [3.8, 4) is 5.75 Å². The van der Waals surface area contributed by atoms with Gasteiger partial charge in [-0.15, -0.1) is 0 Å². The molecular weight excluding hydrogens is 390 g/mol. The average molecular weight is 405 g/mol. The molecule has 0 aliphatic carbocycles. The summed E-state index contributed by atoms with van der Waals surface area (Å²) >= 11 is 0. The normalized spacial score (nSPS) is 10.7. The van der Waals surface area contributed by atoms with Crippen molar-refractivity contribution in [2.75, 3.05) is 0 Å². The Hall–Kier alpha value is -4.40. The molecule has 0 bridgehead atoms. The van der Waals surface area contributed by atoms with E-state index in [0.29, 0.717) is 5.56 Å². The Labute approximate surface area is 170 Å². The van der Waals surface area contributed by atoms with E-state index in [1.54, 1.807) is 24.4 Å². The van der Waals surface area contributed by atoms with Crippen LogP contribution in [0.4, 0.5) is 17.1 Å². The lowest BCUT2D eigenvalue weighted by Gasteiger charge is -2.05. The summed E-state index contributed by atoms with van der Waals surface area (Å²) in [5, 5.41) is 22.0. The summed E-state index contributed by atoms with van der Waals surface area (Å²) in [5.74, 6) is -0.780. The lowest BCUT2D eigenvalue weighted by molar-refractivity contribution is -0.394. The first-order chi connectivity index (χ1) is 14.3. The van der Waals surface area contributed by atoms with Crippen LogP contribution in [0.2, 0.25) is 0 Å². The SMILES string of the molecule is Cc1ccccc1N=Cc1cccc(OC(=O)c2cc([N+](=O)[O-])cc([N+](=O)[O-])c2)c1. The number of nitrogens with zero attached hydrogens (tertiary/aromatic N) is 3. The molecule has 3 rings (SSSR count). The lowest BCUT2D eigenvalue weighted by atomic mass is 10.1. The summed E-state index contributed by atoms with van der Waals surface area (Å²) in [6, 6.07) is 16.7. The minimum absolute atomic E-state index is 0.169. The second-order valence-corrected chi connectivity index (χ2v) is 6.26. The lowest BCUT2D eigenvalue weighted by Crippen LogP contribution is -2.10. The molecule has 0 spiro atoms. The fourth-order valence-electron chi connectivity index (χ4n) is 2.60. The fourth-order valence-corrected chi connectivity index (χ4v) is 2.60. The molecule has 30 heavy (non-hydrogen) atoms. The predicted molar refractivity (Wildman–Crippen MR) is 110 cm³/mol. The van der Waals surface area contributed by atoms with Gasteiger partial charge in [0.2, 0.25) is 0 Å². The van der Waals surface area contributed by atoms with Crippen molar-refractivity contribution in [3.05, 3.63) is 104 Å². The van der Waals surface area contributed by atoms with E-state index in [4.69, 9.17) is 4.74 Å². The molecule has 0 saturated heterocycles. The first-order valence-electron chi connectivity index (χ1n) is 8.69. The molecule has 3 aromatic rings. The van der Waals surface area contributed by atoms with Gasteiger partial charge < -0.3 is 4.74 Å². The van der Waals surface area contributed by atoms with Gasteiger partial charge in [0.05, 0.1) is 27.2 Å². The van der Waals surface area contributed by atoms with Crippen LogP contribution in [0.5, 0.6) is 5.75 Å². The molecule has 3 aromatic carbocycles. The number of hydrogen-bond donors (Lipinski definition) is 0. The first kappa shape index (κ1) is 20.3. The van der Waals surface area contributed by atoms with Crippen molar-refractivity contribution in [1.29, 1.82) is 0 Å². The number of aliphatic imine (C=N–C) groups is 1. The van der Waals surface area contributed by atoms with Crippen LogP contribution in [0, 0.1) is 27.2 Å². The second-order valence-electron chi connectivity index (χ2n) is 6.26. The molecule has 0 amide bonds. The van der Waals surface area contributed by atoms with Gasteiger partial charge in [0.15, 0.2) is 0 Å². The number of rotatable bonds is 6. The third-order valence-corrected chi connectivity index (χ3v) is 4.10. The third-order valence-electron chi connectivity index (χ3n) is 4.10. The van der Waals surface area contributed by atoms with Crippen molar-refractivity contribution in [2.24, 2.45) is 4.99 Å². The fraction of sp³-hybridized carbons (Fsp3) is 0.0476. The van der Waals surface area contributed by atoms with E-state index >= 15 is 0 Å². The van der Waals surface area contributed by atoms with E-state index in [1.807, 2.05) is 31.2 Å². The summed E-state index contributed by atoms with van der Waals surface area (Å²) in [5.41, 5.74) is 1.02. The van der Waals surface area contributed by atoms with Gasteiger partial charge in [0, 0.05) is 18.3 Å². The number of nitro groups is 2. The molecule has 0 aliphatic heterocycles. The molecule has 0 N–H and O–H groups in total. The highest BCUT2D eigenvalue weighted by Gasteiger charge is 2.21. The Morgan fingerprint density at radius 2 is 1.60 bits per heavy atom. The van der Waals surface area contributed by atoms with E-state index in [-0.39, 0.29) is 11.3 Å². The summed E-state index contributed by atoms with van der Waals surface area (Å²) in [6.45, 7) is 1.93. The van der Waals surface area contributed by atoms with Crippen LogP contribution in [0.1, 0.15) is 21.5 Å². The molecule has 0 heterocycles. The van der Waals surface area contributed by atoms with Gasteiger partial charge >= 0.3 is 5.97 Å². The van der Waals surface area contributed by atoms with Crippen molar-refractivity contribution < 1.29 is 19.4 Å². The van der Waals surface area contributed by atoms with Crippen LogP contribution in [0.3, 0.4) is 0 Å². The molecule has 0 saturated carbocycles.